The summed E-state index contributed by atoms with van der Waals surface area (Å²) in [6.07, 6.45) is 1.92. The van der Waals surface area contributed by atoms with Gasteiger partial charge < -0.3 is 19.8 Å². The van der Waals surface area contributed by atoms with E-state index in [9.17, 15) is 14.7 Å². The number of hydrogen-bond acceptors (Lipinski definition) is 4. The molecule has 146 valence electrons. The van der Waals surface area contributed by atoms with Crippen molar-refractivity contribution in [2.45, 2.75) is 19.3 Å². The largest absolute Gasteiger partial charge is 0.508 e. The van der Waals surface area contributed by atoms with Crippen LogP contribution in [0, 0.1) is 0 Å². The van der Waals surface area contributed by atoms with Crippen molar-refractivity contribution in [3.8, 4) is 5.75 Å². The molecule has 2 aromatic carbocycles. The standard InChI is InChI=1S/C22H25N3O3/c26-20-9-7-18(8-10-20)23-12-14-24(15-13-23)22(28)16-17-3-5-19(6-4-17)25-11-1-2-21(25)27/h3-10,26H,1-2,11-16H2. The Kier molecular flexibility index (Phi) is 5.19. The third-order valence-corrected chi connectivity index (χ3v) is 5.52. The molecule has 2 aliphatic heterocycles. The van der Waals surface area contributed by atoms with Gasteiger partial charge in [-0.05, 0) is 48.4 Å². The summed E-state index contributed by atoms with van der Waals surface area (Å²) in [5, 5.41) is 9.41. The number of nitrogens with zero attached hydrogens (tertiary/aromatic N) is 3. The van der Waals surface area contributed by atoms with Crippen molar-refractivity contribution in [1.82, 2.24) is 4.90 Å². The smallest absolute Gasteiger partial charge is 0.227 e. The number of benzene rings is 2. The number of aromatic hydroxyl groups is 1. The molecule has 0 atom stereocenters. The Morgan fingerprint density at radius 2 is 1.50 bits per heavy atom. The third kappa shape index (κ3) is 3.96. The van der Waals surface area contributed by atoms with Crippen molar-refractivity contribution in [2.24, 2.45) is 0 Å². The second-order valence-electron chi connectivity index (χ2n) is 7.38. The molecule has 6 heteroatoms. The van der Waals surface area contributed by atoms with Crippen LogP contribution in [0.2, 0.25) is 0 Å². The normalized spacial score (nSPS) is 17.3. The highest BCUT2D eigenvalue weighted by atomic mass is 16.3. The molecule has 28 heavy (non-hydrogen) atoms. The molecule has 0 unspecified atom stereocenters. The van der Waals surface area contributed by atoms with Crippen molar-refractivity contribution >= 4 is 23.2 Å². The van der Waals surface area contributed by atoms with Crippen molar-refractivity contribution in [2.75, 3.05) is 42.5 Å². The molecule has 2 amide bonds. The molecule has 4 rings (SSSR count). The maximum absolute atomic E-state index is 12.7. The minimum Gasteiger partial charge on any atom is -0.508 e. The van der Waals surface area contributed by atoms with Crippen molar-refractivity contribution in [3.63, 3.8) is 0 Å². The van der Waals surface area contributed by atoms with Gasteiger partial charge in [0.1, 0.15) is 5.75 Å². The van der Waals surface area contributed by atoms with Gasteiger partial charge in [0.2, 0.25) is 11.8 Å². The Bertz CT molecular complexity index is 840. The number of carbonyl (C=O) groups excluding carboxylic acids is 2. The van der Waals surface area contributed by atoms with Gasteiger partial charge in [-0.15, -0.1) is 0 Å². The van der Waals surface area contributed by atoms with E-state index in [1.807, 2.05) is 46.2 Å². The fourth-order valence-electron chi connectivity index (χ4n) is 3.88. The van der Waals surface area contributed by atoms with Gasteiger partial charge in [-0.2, -0.15) is 0 Å². The van der Waals surface area contributed by atoms with E-state index in [0.717, 1.165) is 43.0 Å². The molecule has 2 aromatic rings. The van der Waals surface area contributed by atoms with E-state index in [4.69, 9.17) is 0 Å². The molecule has 2 fully saturated rings. The zero-order valence-corrected chi connectivity index (χ0v) is 15.9. The highest BCUT2D eigenvalue weighted by molar-refractivity contribution is 5.95. The van der Waals surface area contributed by atoms with Crippen LogP contribution in [0.15, 0.2) is 48.5 Å². The van der Waals surface area contributed by atoms with Gasteiger partial charge in [-0.1, -0.05) is 12.1 Å². The molecular weight excluding hydrogens is 354 g/mol. The number of amides is 2. The molecule has 1 N–H and O–H groups in total. The molecule has 0 spiro atoms. The zero-order valence-electron chi connectivity index (χ0n) is 15.9. The van der Waals surface area contributed by atoms with Gasteiger partial charge in [0.25, 0.3) is 0 Å². The summed E-state index contributed by atoms with van der Waals surface area (Å²) in [6.45, 7) is 3.74. The second-order valence-corrected chi connectivity index (χ2v) is 7.38. The number of hydrogen-bond donors (Lipinski definition) is 1. The molecular formula is C22H25N3O3. The summed E-state index contributed by atoms with van der Waals surface area (Å²) in [5.74, 6) is 0.573. The predicted molar refractivity (Wildman–Crippen MR) is 109 cm³/mol. The van der Waals surface area contributed by atoms with Crippen molar-refractivity contribution < 1.29 is 14.7 Å². The Labute approximate surface area is 165 Å². The SMILES string of the molecule is O=C(Cc1ccc(N2CCCC2=O)cc1)N1CCN(c2ccc(O)cc2)CC1. The van der Waals surface area contributed by atoms with E-state index in [-0.39, 0.29) is 17.6 Å². The fraction of sp³-hybridized carbons (Fsp3) is 0.364. The minimum atomic E-state index is 0.135. The Balaban J connectivity index is 1.31. The van der Waals surface area contributed by atoms with Gasteiger partial charge in [-0.25, -0.2) is 0 Å². The lowest BCUT2D eigenvalue weighted by atomic mass is 10.1. The molecule has 0 aromatic heterocycles. The number of phenolic OH excluding ortho intramolecular Hbond substituents is 1. The minimum absolute atomic E-state index is 0.135. The summed E-state index contributed by atoms with van der Waals surface area (Å²) in [6, 6.07) is 15.0. The highest BCUT2D eigenvalue weighted by Gasteiger charge is 2.23. The maximum Gasteiger partial charge on any atom is 0.227 e. The second kappa shape index (κ2) is 7.92. The van der Waals surface area contributed by atoms with Gasteiger partial charge >= 0.3 is 0 Å². The summed E-state index contributed by atoms with van der Waals surface area (Å²) in [5.41, 5.74) is 2.96. The van der Waals surface area contributed by atoms with Crippen molar-refractivity contribution in [3.05, 3.63) is 54.1 Å². The van der Waals surface area contributed by atoms with Gasteiger partial charge in [0.05, 0.1) is 6.42 Å². The third-order valence-electron chi connectivity index (χ3n) is 5.52. The Hall–Kier alpha value is -3.02. The van der Waals surface area contributed by atoms with Crippen LogP contribution < -0.4 is 9.80 Å². The van der Waals surface area contributed by atoms with Gasteiger partial charge in [0, 0.05) is 50.5 Å². The molecule has 6 nitrogen and oxygen atoms in total. The van der Waals surface area contributed by atoms with Gasteiger partial charge in [0.15, 0.2) is 0 Å². The van der Waals surface area contributed by atoms with E-state index in [2.05, 4.69) is 4.90 Å². The van der Waals surface area contributed by atoms with Gasteiger partial charge in [-0.3, -0.25) is 9.59 Å². The average molecular weight is 379 g/mol. The lowest BCUT2D eigenvalue weighted by Crippen LogP contribution is -2.49. The lowest BCUT2D eigenvalue weighted by molar-refractivity contribution is -0.130. The van der Waals surface area contributed by atoms with Crippen LogP contribution in [-0.2, 0) is 16.0 Å². The van der Waals surface area contributed by atoms with Crippen molar-refractivity contribution in [1.29, 1.82) is 0 Å². The van der Waals surface area contributed by atoms with Crippen LogP contribution in [0.4, 0.5) is 11.4 Å². The summed E-state index contributed by atoms with van der Waals surface area (Å²) < 4.78 is 0. The summed E-state index contributed by atoms with van der Waals surface area (Å²) in [4.78, 5) is 30.4. The zero-order chi connectivity index (χ0) is 19.5. The number of rotatable bonds is 4. The average Bonchev–Trinajstić information content (AvgIpc) is 3.15. The molecule has 0 aliphatic carbocycles. The van der Waals surface area contributed by atoms with Crippen LogP contribution >= 0.6 is 0 Å². The number of piperazine rings is 1. The van der Waals surface area contributed by atoms with Crippen LogP contribution in [-0.4, -0.2) is 54.5 Å². The number of anilines is 2. The number of carbonyl (C=O) groups is 2. The van der Waals surface area contributed by atoms with Crippen LogP contribution in [0.5, 0.6) is 5.75 Å². The first-order valence-corrected chi connectivity index (χ1v) is 9.81. The van der Waals surface area contributed by atoms with E-state index in [0.29, 0.717) is 25.9 Å². The molecule has 2 saturated heterocycles. The maximum atomic E-state index is 12.7. The molecule has 0 radical (unpaired) electrons. The van der Waals surface area contributed by atoms with E-state index < -0.39 is 0 Å². The van der Waals surface area contributed by atoms with E-state index in [1.165, 1.54) is 0 Å². The first kappa shape index (κ1) is 18.3. The van der Waals surface area contributed by atoms with Crippen LogP contribution in [0.25, 0.3) is 0 Å². The lowest BCUT2D eigenvalue weighted by Gasteiger charge is -2.36. The monoisotopic (exact) mass is 379 g/mol. The Morgan fingerprint density at radius 3 is 2.11 bits per heavy atom. The molecule has 0 saturated carbocycles. The molecule has 2 heterocycles. The first-order valence-electron chi connectivity index (χ1n) is 9.81. The summed E-state index contributed by atoms with van der Waals surface area (Å²) in [7, 11) is 0. The fourth-order valence-corrected chi connectivity index (χ4v) is 3.88. The molecule has 2 aliphatic rings. The van der Waals surface area contributed by atoms with E-state index >= 15 is 0 Å². The highest BCUT2D eigenvalue weighted by Crippen LogP contribution is 2.23. The quantitative estimate of drug-likeness (QED) is 0.886. The topological polar surface area (TPSA) is 64.1 Å². The van der Waals surface area contributed by atoms with Crippen LogP contribution in [0.3, 0.4) is 0 Å². The number of phenols is 1. The summed E-state index contributed by atoms with van der Waals surface area (Å²) >= 11 is 0. The van der Waals surface area contributed by atoms with E-state index in [1.54, 1.807) is 12.1 Å². The van der Waals surface area contributed by atoms with Crippen LogP contribution in [0.1, 0.15) is 18.4 Å². The molecule has 0 bridgehead atoms. The Morgan fingerprint density at radius 1 is 0.857 bits per heavy atom. The predicted octanol–water partition coefficient (Wildman–Crippen LogP) is 2.41. The first-order chi connectivity index (χ1) is 13.6.